The summed E-state index contributed by atoms with van der Waals surface area (Å²) in [5.74, 6) is -2.22. The highest BCUT2D eigenvalue weighted by molar-refractivity contribution is 6.10. The van der Waals surface area contributed by atoms with Crippen LogP contribution < -0.4 is 16.4 Å². The number of fused-ring (bicyclic) bond motifs is 1. The summed E-state index contributed by atoms with van der Waals surface area (Å²) in [5, 5.41) is 9.57. The van der Waals surface area contributed by atoms with Crippen LogP contribution >= 0.6 is 0 Å². The molecule has 0 fully saturated rings. The van der Waals surface area contributed by atoms with Gasteiger partial charge in [-0.05, 0) is 29.8 Å². The molecule has 0 atom stereocenters. The van der Waals surface area contributed by atoms with Gasteiger partial charge < -0.3 is 20.9 Å². The number of primary amides is 1. The number of urea groups is 1. The molecular formula is C22H16F2N4O3. The second-order valence-electron chi connectivity index (χ2n) is 6.70. The summed E-state index contributed by atoms with van der Waals surface area (Å²) in [4.78, 5) is 24.1. The summed E-state index contributed by atoms with van der Waals surface area (Å²) in [7, 11) is 0. The third-order valence-electron chi connectivity index (χ3n) is 4.60. The van der Waals surface area contributed by atoms with Crippen LogP contribution in [-0.4, -0.2) is 17.1 Å². The molecule has 0 aliphatic heterocycles. The zero-order valence-electron chi connectivity index (χ0n) is 16.0. The Kier molecular flexibility index (Phi) is 5.31. The summed E-state index contributed by atoms with van der Waals surface area (Å²) in [6.45, 7) is 0.0763. The number of anilines is 1. The van der Waals surface area contributed by atoms with E-state index in [1.54, 1.807) is 42.5 Å². The number of nitrogens with one attached hydrogen (secondary N) is 2. The van der Waals surface area contributed by atoms with Crippen molar-refractivity contribution in [2.75, 3.05) is 5.32 Å². The van der Waals surface area contributed by atoms with Gasteiger partial charge >= 0.3 is 6.03 Å². The van der Waals surface area contributed by atoms with Gasteiger partial charge in [-0.25, -0.2) is 13.6 Å². The minimum atomic E-state index is -0.802. The first-order chi connectivity index (χ1) is 14.9. The molecule has 0 aliphatic rings. The molecule has 0 unspecified atom stereocenters. The fraction of sp³-hybridized carbons (Fsp3) is 0.0455. The van der Waals surface area contributed by atoms with Gasteiger partial charge in [0.15, 0.2) is 5.58 Å². The predicted octanol–water partition coefficient (Wildman–Crippen LogP) is 4.19. The fourth-order valence-corrected chi connectivity index (χ4v) is 3.26. The molecule has 1 aromatic heterocycles. The molecule has 0 radical (unpaired) electrons. The number of halogens is 2. The van der Waals surface area contributed by atoms with Crippen molar-refractivity contribution in [3.8, 4) is 11.3 Å². The third kappa shape index (κ3) is 4.20. The first kappa shape index (κ1) is 20.0. The fourth-order valence-electron chi connectivity index (χ4n) is 3.26. The van der Waals surface area contributed by atoms with Crippen LogP contribution in [0.5, 0.6) is 0 Å². The van der Waals surface area contributed by atoms with E-state index in [2.05, 4.69) is 15.8 Å². The molecule has 31 heavy (non-hydrogen) atoms. The minimum absolute atomic E-state index is 0.0168. The molecule has 0 spiro atoms. The molecule has 4 N–H and O–H groups in total. The lowest BCUT2D eigenvalue weighted by Gasteiger charge is -2.11. The van der Waals surface area contributed by atoms with Crippen LogP contribution in [0.3, 0.4) is 0 Å². The second-order valence-corrected chi connectivity index (χ2v) is 6.70. The Morgan fingerprint density at radius 2 is 1.74 bits per heavy atom. The van der Waals surface area contributed by atoms with Crippen molar-refractivity contribution in [1.29, 1.82) is 0 Å². The Labute approximate surface area is 174 Å². The van der Waals surface area contributed by atoms with Crippen molar-refractivity contribution in [1.82, 2.24) is 10.5 Å². The van der Waals surface area contributed by atoms with E-state index >= 15 is 0 Å². The van der Waals surface area contributed by atoms with E-state index in [0.29, 0.717) is 33.9 Å². The van der Waals surface area contributed by atoms with E-state index < -0.39 is 23.6 Å². The topological polar surface area (TPSA) is 110 Å². The monoisotopic (exact) mass is 422 g/mol. The molecular weight excluding hydrogens is 406 g/mol. The maximum absolute atomic E-state index is 13.3. The van der Waals surface area contributed by atoms with Crippen LogP contribution in [0.15, 0.2) is 65.2 Å². The highest BCUT2D eigenvalue weighted by atomic mass is 19.1. The summed E-state index contributed by atoms with van der Waals surface area (Å²) in [6.07, 6.45) is 0. The number of benzene rings is 3. The Bertz CT molecular complexity index is 1280. The maximum Gasteiger partial charge on any atom is 0.319 e. The zero-order chi connectivity index (χ0) is 22.0. The molecule has 0 saturated carbocycles. The molecule has 7 nitrogen and oxygen atoms in total. The highest BCUT2D eigenvalue weighted by Gasteiger charge is 2.19. The predicted molar refractivity (Wildman–Crippen MR) is 110 cm³/mol. The smallest absolute Gasteiger partial charge is 0.319 e. The molecule has 0 aliphatic carbocycles. The molecule has 9 heteroatoms. The Balaban J connectivity index is 1.59. The van der Waals surface area contributed by atoms with Gasteiger partial charge in [-0.3, -0.25) is 4.79 Å². The van der Waals surface area contributed by atoms with Gasteiger partial charge in [0.2, 0.25) is 5.91 Å². The lowest BCUT2D eigenvalue weighted by Crippen LogP contribution is -2.28. The zero-order valence-corrected chi connectivity index (χ0v) is 16.0. The lowest BCUT2D eigenvalue weighted by molar-refractivity contribution is 0.100. The number of hydrogen-bond acceptors (Lipinski definition) is 4. The number of carbonyl (C=O) groups is 2. The largest absolute Gasteiger partial charge is 0.366 e. The van der Waals surface area contributed by atoms with Gasteiger partial charge in [0.05, 0.1) is 10.9 Å². The number of rotatable bonds is 5. The average molecular weight is 422 g/mol. The van der Waals surface area contributed by atoms with Crippen molar-refractivity contribution >= 4 is 28.6 Å². The van der Waals surface area contributed by atoms with Crippen LogP contribution in [0, 0.1) is 11.6 Å². The van der Waals surface area contributed by atoms with Crippen molar-refractivity contribution in [2.45, 2.75) is 6.54 Å². The van der Waals surface area contributed by atoms with Gasteiger partial charge in [0.1, 0.15) is 17.3 Å². The first-order valence-electron chi connectivity index (χ1n) is 9.20. The molecule has 1 heterocycles. The lowest BCUT2D eigenvalue weighted by atomic mass is 9.99. The van der Waals surface area contributed by atoms with Crippen LogP contribution in [0.25, 0.3) is 22.2 Å². The highest BCUT2D eigenvalue weighted by Crippen LogP contribution is 2.32. The molecule has 4 aromatic rings. The van der Waals surface area contributed by atoms with Gasteiger partial charge in [-0.15, -0.1) is 0 Å². The Morgan fingerprint density at radius 1 is 1.00 bits per heavy atom. The number of nitrogens with two attached hydrogens (primary N) is 1. The van der Waals surface area contributed by atoms with E-state index in [1.165, 1.54) is 0 Å². The van der Waals surface area contributed by atoms with E-state index in [9.17, 15) is 18.4 Å². The van der Waals surface area contributed by atoms with Crippen molar-refractivity contribution < 1.29 is 22.9 Å². The number of nitrogens with zero attached hydrogens (tertiary/aromatic N) is 1. The molecule has 3 amide bonds. The van der Waals surface area contributed by atoms with Crippen LogP contribution in [0.1, 0.15) is 15.9 Å². The van der Waals surface area contributed by atoms with Crippen molar-refractivity contribution in [2.24, 2.45) is 5.73 Å². The van der Waals surface area contributed by atoms with Crippen LogP contribution in [-0.2, 0) is 6.54 Å². The summed E-state index contributed by atoms with van der Waals surface area (Å²) in [5.41, 5.74) is 7.86. The second kappa shape index (κ2) is 8.23. The molecule has 4 rings (SSSR count). The van der Waals surface area contributed by atoms with E-state index in [-0.39, 0.29) is 17.8 Å². The van der Waals surface area contributed by atoms with E-state index in [4.69, 9.17) is 10.3 Å². The van der Waals surface area contributed by atoms with Crippen molar-refractivity contribution in [3.63, 3.8) is 0 Å². The Morgan fingerprint density at radius 3 is 2.48 bits per heavy atom. The summed E-state index contributed by atoms with van der Waals surface area (Å²) in [6, 6.07) is 14.1. The van der Waals surface area contributed by atoms with Gasteiger partial charge in [0.25, 0.3) is 0 Å². The average Bonchev–Trinajstić information content (AvgIpc) is 3.15. The minimum Gasteiger partial charge on any atom is -0.366 e. The summed E-state index contributed by atoms with van der Waals surface area (Å²) >= 11 is 0. The quantitative estimate of drug-likeness (QED) is 0.448. The maximum atomic E-state index is 13.3. The van der Waals surface area contributed by atoms with E-state index in [0.717, 1.165) is 12.1 Å². The normalized spacial score (nSPS) is 10.8. The molecule has 0 bridgehead atoms. The van der Waals surface area contributed by atoms with Crippen molar-refractivity contribution in [3.05, 3.63) is 83.4 Å². The molecule has 0 saturated heterocycles. The van der Waals surface area contributed by atoms with Gasteiger partial charge in [0, 0.05) is 23.9 Å². The van der Waals surface area contributed by atoms with Crippen LogP contribution in [0.2, 0.25) is 0 Å². The SMILES string of the molecule is NC(=O)c1cccc2onc(-c3ccccc3CNC(=O)Nc3cc(F)cc(F)c3)c12. The third-order valence-corrected chi connectivity index (χ3v) is 4.60. The van der Waals surface area contributed by atoms with Crippen LogP contribution in [0.4, 0.5) is 19.3 Å². The number of hydrogen-bond donors (Lipinski definition) is 3. The number of carbonyl (C=O) groups excluding carboxylic acids is 2. The number of aromatic nitrogens is 1. The first-order valence-corrected chi connectivity index (χ1v) is 9.20. The summed E-state index contributed by atoms with van der Waals surface area (Å²) < 4.78 is 31.9. The van der Waals surface area contributed by atoms with Gasteiger partial charge in [-0.2, -0.15) is 0 Å². The standard InChI is InChI=1S/C22H16F2N4O3/c23-13-8-14(24)10-15(9-13)27-22(30)26-11-12-4-1-2-5-16(12)20-19-17(21(25)29)6-3-7-18(19)31-28-20/h1-10H,11H2,(H2,25,29)(H2,26,27,30). The molecule has 3 aromatic carbocycles. The van der Waals surface area contributed by atoms with E-state index in [1.807, 2.05) is 0 Å². The number of amides is 3. The van der Waals surface area contributed by atoms with Gasteiger partial charge in [-0.1, -0.05) is 35.5 Å². The molecule has 156 valence electrons. The Hall–Kier alpha value is -4.27.